The van der Waals surface area contributed by atoms with Crippen molar-refractivity contribution in [3.63, 3.8) is 0 Å². The number of ether oxygens (including phenoxy) is 1. The summed E-state index contributed by atoms with van der Waals surface area (Å²) < 4.78 is 32.2. The number of hydrogen-bond acceptors (Lipinski definition) is 5. The second-order valence-electron chi connectivity index (χ2n) is 7.41. The van der Waals surface area contributed by atoms with Crippen molar-refractivity contribution in [3.8, 4) is 11.5 Å². The molecule has 0 saturated carbocycles. The van der Waals surface area contributed by atoms with E-state index >= 15 is 0 Å². The van der Waals surface area contributed by atoms with E-state index in [-0.39, 0.29) is 31.1 Å². The number of aryl methyl sites for hydroxylation is 1. The quantitative estimate of drug-likeness (QED) is 0.318. The second-order valence-corrected chi connectivity index (χ2v) is 10.1. The number of halogens is 2. The van der Waals surface area contributed by atoms with Gasteiger partial charge < -0.3 is 20.6 Å². The van der Waals surface area contributed by atoms with Crippen molar-refractivity contribution in [2.75, 3.05) is 0 Å². The highest BCUT2D eigenvalue weighted by Crippen LogP contribution is 2.40. The highest BCUT2D eigenvalue weighted by atomic mass is 35.5. The predicted octanol–water partition coefficient (Wildman–Crippen LogP) is 5.49. The van der Waals surface area contributed by atoms with Gasteiger partial charge in [0.2, 0.25) is 9.84 Å². The molecule has 0 aliphatic heterocycles. The summed E-state index contributed by atoms with van der Waals surface area (Å²) in [4.78, 5) is 14.4. The monoisotopic (exact) mass is 504 g/mol. The topological polar surface area (TPSA) is 122 Å². The maximum Gasteiger partial charge on any atom is 0.325 e. The summed E-state index contributed by atoms with van der Waals surface area (Å²) >= 11 is 12.5. The van der Waals surface area contributed by atoms with E-state index in [4.69, 9.17) is 38.8 Å². The molecule has 1 heterocycles. The van der Waals surface area contributed by atoms with Crippen LogP contribution in [-0.2, 0) is 14.6 Å². The molecule has 0 unspecified atom stereocenters. The van der Waals surface area contributed by atoms with Crippen molar-refractivity contribution < 1.29 is 23.1 Å². The number of carbonyl (C=O) groups is 1. The summed E-state index contributed by atoms with van der Waals surface area (Å²) in [5.41, 5.74) is 7.40. The zero-order valence-corrected chi connectivity index (χ0v) is 19.5. The Morgan fingerprint density at radius 3 is 2.30 bits per heavy atom. The first-order valence-electron chi connectivity index (χ1n) is 9.66. The zero-order chi connectivity index (χ0) is 23.9. The minimum absolute atomic E-state index is 0.0656. The molecule has 0 aliphatic carbocycles. The van der Waals surface area contributed by atoms with Crippen molar-refractivity contribution in [2.24, 2.45) is 5.73 Å². The van der Waals surface area contributed by atoms with Gasteiger partial charge in [0.1, 0.15) is 11.8 Å². The van der Waals surface area contributed by atoms with E-state index in [1.807, 2.05) is 6.92 Å². The van der Waals surface area contributed by atoms with Crippen molar-refractivity contribution in [1.29, 1.82) is 0 Å². The molecular weight excluding hydrogens is 487 g/mol. The molecule has 0 bridgehead atoms. The number of carboxylic acid groups (broad SMARTS) is 1. The number of sulfone groups is 1. The van der Waals surface area contributed by atoms with Gasteiger partial charge in [-0.25, -0.2) is 8.42 Å². The number of hydrogen-bond donors (Lipinski definition) is 3. The minimum atomic E-state index is -3.78. The van der Waals surface area contributed by atoms with E-state index in [0.717, 1.165) is 5.56 Å². The SMILES string of the molecule is Cc1ccc(S(=O)(=O)c2c[nH]c3ccc(Oc4c(Cl)cc([C@H](N)C(=O)O)cc4Cl)cc23)cc1. The molecule has 170 valence electrons. The van der Waals surface area contributed by atoms with Crippen LogP contribution in [0.2, 0.25) is 10.0 Å². The van der Waals surface area contributed by atoms with Gasteiger partial charge in [-0.05, 0) is 55.0 Å². The number of H-pyrrole nitrogens is 1. The van der Waals surface area contributed by atoms with E-state index in [1.165, 1.54) is 18.3 Å². The normalized spacial score (nSPS) is 12.6. The fraction of sp³-hybridized carbons (Fsp3) is 0.0870. The van der Waals surface area contributed by atoms with Gasteiger partial charge in [-0.2, -0.15) is 0 Å². The van der Waals surface area contributed by atoms with Crippen LogP contribution < -0.4 is 10.5 Å². The number of nitrogens with two attached hydrogens (primary N) is 1. The average Bonchev–Trinajstić information content (AvgIpc) is 3.20. The van der Waals surface area contributed by atoms with Gasteiger partial charge in [0.15, 0.2) is 5.75 Å². The molecule has 0 spiro atoms. The molecule has 3 aromatic carbocycles. The lowest BCUT2D eigenvalue weighted by Gasteiger charge is -2.13. The van der Waals surface area contributed by atoms with Crippen LogP contribution in [0, 0.1) is 6.92 Å². The van der Waals surface area contributed by atoms with Crippen LogP contribution in [0.15, 0.2) is 70.6 Å². The number of rotatable bonds is 6. The van der Waals surface area contributed by atoms with E-state index in [9.17, 15) is 13.2 Å². The predicted molar refractivity (Wildman–Crippen MR) is 126 cm³/mol. The summed E-state index contributed by atoms with van der Waals surface area (Å²) in [7, 11) is -3.78. The van der Waals surface area contributed by atoms with Crippen LogP contribution in [0.1, 0.15) is 17.2 Å². The highest BCUT2D eigenvalue weighted by molar-refractivity contribution is 7.91. The van der Waals surface area contributed by atoms with Gasteiger partial charge >= 0.3 is 5.97 Å². The molecule has 1 aromatic heterocycles. The van der Waals surface area contributed by atoms with Crippen LogP contribution in [0.25, 0.3) is 10.9 Å². The van der Waals surface area contributed by atoms with Crippen molar-refractivity contribution in [2.45, 2.75) is 22.8 Å². The molecule has 7 nitrogen and oxygen atoms in total. The van der Waals surface area contributed by atoms with Gasteiger partial charge in [0.05, 0.1) is 19.8 Å². The lowest BCUT2D eigenvalue weighted by atomic mass is 10.1. The molecule has 0 aliphatic rings. The standard InChI is InChI=1S/C23H18Cl2N2O5S/c1-12-2-5-15(6-3-12)33(30,31)20-11-27-19-7-4-14(10-16(19)20)32-22-17(24)8-13(9-18(22)25)21(26)23(28)29/h2-11,21,27H,26H2,1H3,(H,28,29)/t21-/m0/s1. The average molecular weight is 505 g/mol. The fourth-order valence-electron chi connectivity index (χ4n) is 3.32. The summed E-state index contributed by atoms with van der Waals surface area (Å²) in [6.45, 7) is 1.88. The number of aromatic amines is 1. The summed E-state index contributed by atoms with van der Waals surface area (Å²) in [6, 6.07) is 12.9. The molecule has 1 atom stereocenters. The summed E-state index contributed by atoms with van der Waals surface area (Å²) in [5, 5.41) is 9.66. The highest BCUT2D eigenvalue weighted by Gasteiger charge is 2.23. The molecule has 0 amide bonds. The smallest absolute Gasteiger partial charge is 0.325 e. The number of aliphatic carboxylic acids is 1. The van der Waals surface area contributed by atoms with E-state index < -0.39 is 21.8 Å². The van der Waals surface area contributed by atoms with Crippen molar-refractivity contribution in [1.82, 2.24) is 4.98 Å². The Bertz CT molecular complexity index is 1460. The Morgan fingerprint density at radius 2 is 1.70 bits per heavy atom. The molecule has 0 radical (unpaired) electrons. The van der Waals surface area contributed by atoms with Gasteiger partial charge in [-0.15, -0.1) is 0 Å². The second kappa shape index (κ2) is 8.72. The number of benzene rings is 3. The summed E-state index contributed by atoms with van der Waals surface area (Å²) in [6.07, 6.45) is 1.44. The Labute approximate surface area is 199 Å². The largest absolute Gasteiger partial charge is 0.480 e. The lowest BCUT2D eigenvalue weighted by molar-refractivity contribution is -0.138. The molecule has 4 N–H and O–H groups in total. The van der Waals surface area contributed by atoms with Crippen LogP contribution in [-0.4, -0.2) is 24.5 Å². The Hall–Kier alpha value is -3.04. The van der Waals surface area contributed by atoms with Crippen molar-refractivity contribution in [3.05, 3.63) is 82.0 Å². The molecule has 0 saturated heterocycles. The Kier molecular flexibility index (Phi) is 6.11. The maximum atomic E-state index is 13.2. The lowest BCUT2D eigenvalue weighted by Crippen LogP contribution is -2.20. The molecule has 10 heteroatoms. The zero-order valence-electron chi connectivity index (χ0n) is 17.2. The number of aromatic nitrogens is 1. The molecule has 4 aromatic rings. The number of carboxylic acids is 1. The first-order valence-corrected chi connectivity index (χ1v) is 11.9. The van der Waals surface area contributed by atoms with Crippen LogP contribution in [0.3, 0.4) is 0 Å². The van der Waals surface area contributed by atoms with Gasteiger partial charge in [0, 0.05) is 17.1 Å². The van der Waals surface area contributed by atoms with Gasteiger partial charge in [-0.3, -0.25) is 4.79 Å². The summed E-state index contributed by atoms with van der Waals surface area (Å²) in [5.74, 6) is -0.838. The third kappa shape index (κ3) is 4.43. The molecular formula is C23H18Cl2N2O5S. The molecule has 0 fully saturated rings. The van der Waals surface area contributed by atoms with Crippen LogP contribution in [0.4, 0.5) is 0 Å². The molecule has 33 heavy (non-hydrogen) atoms. The maximum absolute atomic E-state index is 13.2. The minimum Gasteiger partial charge on any atom is -0.480 e. The third-order valence-electron chi connectivity index (χ3n) is 5.10. The molecule has 4 rings (SSSR count). The van der Waals surface area contributed by atoms with Crippen LogP contribution >= 0.6 is 23.2 Å². The van der Waals surface area contributed by atoms with Gasteiger partial charge in [0.25, 0.3) is 0 Å². The van der Waals surface area contributed by atoms with Crippen molar-refractivity contribution >= 4 is 49.9 Å². The Morgan fingerprint density at radius 1 is 1.06 bits per heavy atom. The first-order chi connectivity index (χ1) is 15.6. The number of fused-ring (bicyclic) bond motifs is 1. The number of nitrogens with one attached hydrogen (secondary N) is 1. The van der Waals surface area contributed by atoms with E-state index in [1.54, 1.807) is 42.5 Å². The first kappa shape index (κ1) is 23.1. The third-order valence-corrected chi connectivity index (χ3v) is 7.47. The van der Waals surface area contributed by atoms with E-state index in [0.29, 0.717) is 16.7 Å². The fourth-order valence-corrected chi connectivity index (χ4v) is 5.32. The van der Waals surface area contributed by atoms with Gasteiger partial charge in [-0.1, -0.05) is 40.9 Å². The van der Waals surface area contributed by atoms with Crippen LogP contribution in [0.5, 0.6) is 11.5 Å². The Balaban J connectivity index is 1.73. The van der Waals surface area contributed by atoms with E-state index in [2.05, 4.69) is 4.98 Å².